The molecule has 0 fully saturated rings. The highest BCUT2D eigenvalue weighted by Gasteiger charge is 2.36. The lowest BCUT2D eigenvalue weighted by Crippen LogP contribution is -2.40. The molecule has 0 aliphatic heterocycles. The molecule has 6 heteroatoms. The first-order chi connectivity index (χ1) is 14.6. The zero-order chi connectivity index (χ0) is 22.9. The number of aryl methyl sites for hydroxylation is 1. The van der Waals surface area contributed by atoms with Crippen molar-refractivity contribution < 1.29 is 14.0 Å². The van der Waals surface area contributed by atoms with Crippen molar-refractivity contribution in [3.8, 4) is 0 Å². The number of halogens is 1. The molecule has 2 aromatic carbocycles. The Hall–Kier alpha value is -1.89. The fraction of sp³-hybridized carbons (Fsp3) is 0.400. The van der Waals surface area contributed by atoms with E-state index in [1.54, 1.807) is 0 Å². The Morgan fingerprint density at radius 1 is 1.10 bits per heavy atom. The molecule has 0 spiro atoms. The van der Waals surface area contributed by atoms with Crippen LogP contribution in [0.1, 0.15) is 38.3 Å². The number of allylic oxidation sites excluding steroid dienone is 1. The summed E-state index contributed by atoms with van der Waals surface area (Å²) in [6, 6.07) is 15.5. The lowest BCUT2D eigenvalue weighted by atomic mass is 10.1. The van der Waals surface area contributed by atoms with Gasteiger partial charge in [0, 0.05) is 10.2 Å². The van der Waals surface area contributed by atoms with Gasteiger partial charge >= 0.3 is 6.09 Å². The van der Waals surface area contributed by atoms with Crippen molar-refractivity contribution in [2.75, 3.05) is 11.9 Å². The van der Waals surface area contributed by atoms with E-state index in [2.05, 4.69) is 67.3 Å². The highest BCUT2D eigenvalue weighted by molar-refractivity contribution is 9.10. The topological polar surface area (TPSA) is 47.6 Å². The van der Waals surface area contributed by atoms with Gasteiger partial charge in [-0.2, -0.15) is 0 Å². The van der Waals surface area contributed by atoms with E-state index in [1.807, 2.05) is 48.5 Å². The second-order valence-corrected chi connectivity index (χ2v) is 14.8. The first-order valence-corrected chi connectivity index (χ1v) is 14.3. The summed E-state index contributed by atoms with van der Waals surface area (Å²) in [5.41, 5.74) is 2.78. The lowest BCUT2D eigenvalue weighted by Gasteiger charge is -2.35. The van der Waals surface area contributed by atoms with E-state index in [0.29, 0.717) is 6.61 Å². The van der Waals surface area contributed by atoms with Crippen LogP contribution in [0.15, 0.2) is 65.2 Å². The summed E-state index contributed by atoms with van der Waals surface area (Å²) in [6.45, 7) is 12.1. The number of hydrogen-bond donors (Lipinski definition) is 1. The van der Waals surface area contributed by atoms with Crippen molar-refractivity contribution in [1.82, 2.24) is 0 Å². The molecule has 0 aromatic heterocycles. The Balaban J connectivity index is 1.86. The number of anilines is 1. The molecule has 0 saturated heterocycles. The molecule has 0 unspecified atom stereocenters. The van der Waals surface area contributed by atoms with Crippen molar-refractivity contribution in [2.45, 2.75) is 58.4 Å². The maximum absolute atomic E-state index is 12.2. The monoisotopic (exact) mass is 503 g/mol. The Labute approximate surface area is 196 Å². The van der Waals surface area contributed by atoms with E-state index in [1.165, 1.54) is 0 Å². The van der Waals surface area contributed by atoms with Gasteiger partial charge in [0.1, 0.15) is 6.61 Å². The van der Waals surface area contributed by atoms with Crippen molar-refractivity contribution in [1.29, 1.82) is 0 Å². The molecule has 2 rings (SSSR count). The second kappa shape index (κ2) is 11.6. The molecular weight excluding hydrogens is 470 g/mol. The zero-order valence-corrected chi connectivity index (χ0v) is 21.8. The van der Waals surface area contributed by atoms with E-state index in [9.17, 15) is 4.79 Å². The lowest BCUT2D eigenvalue weighted by molar-refractivity contribution is 0.155. The summed E-state index contributed by atoms with van der Waals surface area (Å²) in [6.07, 6.45) is 5.46. The van der Waals surface area contributed by atoms with Gasteiger partial charge in [0.2, 0.25) is 0 Å². The van der Waals surface area contributed by atoms with Crippen molar-refractivity contribution >= 4 is 36.0 Å². The van der Waals surface area contributed by atoms with Crippen LogP contribution in [0.5, 0.6) is 0 Å². The maximum atomic E-state index is 12.2. The van der Waals surface area contributed by atoms with Crippen LogP contribution in [0.3, 0.4) is 0 Å². The van der Waals surface area contributed by atoms with Gasteiger partial charge in [0.05, 0.1) is 6.61 Å². The quantitative estimate of drug-likeness (QED) is 0.281. The summed E-state index contributed by atoms with van der Waals surface area (Å²) < 4.78 is 12.5. The number of carbonyl (C=O) groups excluding carboxylic acids is 1. The van der Waals surface area contributed by atoms with Crippen LogP contribution in [0, 0.1) is 0 Å². The van der Waals surface area contributed by atoms with Crippen LogP contribution >= 0.6 is 15.9 Å². The van der Waals surface area contributed by atoms with E-state index in [-0.39, 0.29) is 11.6 Å². The zero-order valence-electron chi connectivity index (χ0n) is 19.2. The van der Waals surface area contributed by atoms with E-state index >= 15 is 0 Å². The van der Waals surface area contributed by atoms with Crippen LogP contribution in [0.2, 0.25) is 18.1 Å². The summed E-state index contributed by atoms with van der Waals surface area (Å²) in [4.78, 5) is 12.2. The number of ether oxygens (including phenoxy) is 1. The Kier molecular flexibility index (Phi) is 9.53. The Morgan fingerprint density at radius 3 is 2.48 bits per heavy atom. The fourth-order valence-corrected chi connectivity index (χ4v) is 4.01. The van der Waals surface area contributed by atoms with Gasteiger partial charge in [-0.15, -0.1) is 0 Å². The van der Waals surface area contributed by atoms with Crippen molar-refractivity contribution in [3.63, 3.8) is 0 Å². The van der Waals surface area contributed by atoms with Crippen molar-refractivity contribution in [3.05, 3.63) is 76.3 Å². The first kappa shape index (κ1) is 25.4. The Morgan fingerprint density at radius 2 is 1.81 bits per heavy atom. The van der Waals surface area contributed by atoms with E-state index in [4.69, 9.17) is 9.16 Å². The summed E-state index contributed by atoms with van der Waals surface area (Å²) in [5.74, 6) is 0. The maximum Gasteiger partial charge on any atom is 0.411 e. The van der Waals surface area contributed by atoms with Gasteiger partial charge in [-0.05, 0) is 60.3 Å². The number of carbonyl (C=O) groups is 1. The van der Waals surface area contributed by atoms with Gasteiger partial charge < -0.3 is 9.16 Å². The van der Waals surface area contributed by atoms with E-state index in [0.717, 1.165) is 34.1 Å². The Bertz CT molecular complexity index is 876. The van der Waals surface area contributed by atoms with Gasteiger partial charge in [-0.1, -0.05) is 79.2 Å². The average molecular weight is 505 g/mol. The van der Waals surface area contributed by atoms with Crippen LogP contribution < -0.4 is 5.32 Å². The largest absolute Gasteiger partial charge is 0.444 e. The molecule has 1 N–H and O–H groups in total. The molecular formula is C25H34BrNO3Si. The molecule has 0 radical (unpaired) electrons. The van der Waals surface area contributed by atoms with E-state index < -0.39 is 14.4 Å². The van der Waals surface area contributed by atoms with Crippen LogP contribution in [-0.2, 0) is 22.2 Å². The van der Waals surface area contributed by atoms with Crippen LogP contribution in [0.25, 0.3) is 0 Å². The molecule has 0 atom stereocenters. The van der Waals surface area contributed by atoms with Gasteiger partial charge in [-0.25, -0.2) is 4.79 Å². The third-order valence-electron chi connectivity index (χ3n) is 5.61. The standard InChI is InChI=1S/C25H34BrNO3Si/c1-25(2,3)31(4,5)30-17-11-7-10-14-21-18-22(26)15-16-23(21)27-24(28)29-19-20-12-8-6-9-13-20/h6-9,11-13,15-16,18H,10,14,17,19H2,1-5H3,(H,27,28)/b11-7+. The number of rotatable bonds is 9. The normalized spacial score (nSPS) is 12.2. The molecule has 4 nitrogen and oxygen atoms in total. The highest BCUT2D eigenvalue weighted by atomic mass is 79.9. The molecule has 0 saturated carbocycles. The smallest absolute Gasteiger partial charge is 0.411 e. The summed E-state index contributed by atoms with van der Waals surface area (Å²) >= 11 is 3.52. The van der Waals surface area contributed by atoms with Gasteiger partial charge in [-0.3, -0.25) is 5.32 Å². The third-order valence-corrected chi connectivity index (χ3v) is 10.6. The predicted octanol–water partition coefficient (Wildman–Crippen LogP) is 7.71. The summed E-state index contributed by atoms with van der Waals surface area (Å²) in [5, 5.41) is 3.09. The molecule has 168 valence electrons. The first-order valence-electron chi connectivity index (χ1n) is 10.6. The minimum Gasteiger partial charge on any atom is -0.444 e. The number of nitrogens with one attached hydrogen (secondary N) is 1. The molecule has 0 aliphatic rings. The van der Waals surface area contributed by atoms with Crippen LogP contribution in [-0.4, -0.2) is 21.0 Å². The highest BCUT2D eigenvalue weighted by Crippen LogP contribution is 2.36. The fourth-order valence-electron chi connectivity index (χ4n) is 2.66. The summed E-state index contributed by atoms with van der Waals surface area (Å²) in [7, 11) is -1.72. The second-order valence-electron chi connectivity index (χ2n) is 9.07. The molecule has 1 amide bonds. The number of hydrogen-bond acceptors (Lipinski definition) is 3. The van der Waals surface area contributed by atoms with Gasteiger partial charge in [0.15, 0.2) is 8.32 Å². The molecule has 0 bridgehead atoms. The number of benzene rings is 2. The average Bonchev–Trinajstić information content (AvgIpc) is 2.70. The van der Waals surface area contributed by atoms with Crippen LogP contribution in [0.4, 0.5) is 10.5 Å². The molecule has 0 aliphatic carbocycles. The third kappa shape index (κ3) is 8.63. The predicted molar refractivity (Wildman–Crippen MR) is 135 cm³/mol. The van der Waals surface area contributed by atoms with Crippen molar-refractivity contribution in [2.24, 2.45) is 0 Å². The SMILES string of the molecule is CC(C)(C)[Si](C)(C)OC/C=C/CCc1cc(Br)ccc1NC(=O)OCc1ccccc1. The minimum atomic E-state index is -1.72. The minimum absolute atomic E-state index is 0.215. The van der Waals surface area contributed by atoms with Gasteiger partial charge in [0.25, 0.3) is 0 Å². The molecule has 0 heterocycles. The molecule has 2 aromatic rings. The number of amides is 1. The molecule has 31 heavy (non-hydrogen) atoms.